The summed E-state index contributed by atoms with van der Waals surface area (Å²) in [6.45, 7) is 3.38. The third-order valence-corrected chi connectivity index (χ3v) is 6.16. The van der Waals surface area contributed by atoms with Crippen molar-refractivity contribution in [3.63, 3.8) is 0 Å². The van der Waals surface area contributed by atoms with Gasteiger partial charge in [0.2, 0.25) is 34.8 Å². The number of amides is 1. The molecule has 1 amide bonds. The molecule has 0 saturated carbocycles. The van der Waals surface area contributed by atoms with E-state index in [9.17, 15) is 31.5 Å². The average Bonchev–Trinajstić information content (AvgIpc) is 3.40. The molecule has 1 unspecified atom stereocenters. The summed E-state index contributed by atoms with van der Waals surface area (Å²) in [7, 11) is 0. The Balaban J connectivity index is 1.48. The van der Waals surface area contributed by atoms with Crippen LogP contribution in [0.4, 0.5) is 26.7 Å². The van der Waals surface area contributed by atoms with Gasteiger partial charge in [0.05, 0.1) is 0 Å². The molecule has 1 heterocycles. The Bertz CT molecular complexity index is 1300. The van der Waals surface area contributed by atoms with E-state index in [1.54, 1.807) is 26.0 Å². The maximum atomic E-state index is 13.9. The highest BCUT2D eigenvalue weighted by atomic mass is 19.2. The maximum absolute atomic E-state index is 13.9. The van der Waals surface area contributed by atoms with Gasteiger partial charge in [0, 0.05) is 6.54 Å². The Morgan fingerprint density at radius 1 is 0.811 bits per heavy atom. The first kappa shape index (κ1) is 26.1. The molecule has 0 aliphatic carbocycles. The summed E-state index contributed by atoms with van der Waals surface area (Å²) < 4.78 is 78.3. The summed E-state index contributed by atoms with van der Waals surface area (Å²) in [6.07, 6.45) is -0.512. The van der Waals surface area contributed by atoms with Crippen molar-refractivity contribution in [1.29, 1.82) is 0 Å². The predicted molar refractivity (Wildman–Crippen MR) is 123 cm³/mol. The van der Waals surface area contributed by atoms with Gasteiger partial charge in [-0.25, -0.2) is 22.8 Å². The molecule has 0 aromatic heterocycles. The molecule has 4 rings (SSSR count). The molecule has 37 heavy (non-hydrogen) atoms. The van der Waals surface area contributed by atoms with Crippen LogP contribution in [0.1, 0.15) is 32.3 Å². The lowest BCUT2D eigenvalue weighted by Gasteiger charge is -2.30. The highest BCUT2D eigenvalue weighted by molar-refractivity contribution is 5.84. The molecule has 1 aliphatic heterocycles. The SMILES string of the molecule is CC(C)(OC(=O)N1CCCC1C(=O)Oc1c(F)c(F)c(F)c(F)c1F)c1ccc(-c2ccccc2)cc1. The molecule has 3 aromatic carbocycles. The van der Waals surface area contributed by atoms with E-state index < -0.39 is 58.5 Å². The second kappa shape index (κ2) is 10.2. The quantitative estimate of drug-likeness (QED) is 0.127. The fraction of sp³-hybridized carbons (Fsp3) is 0.259. The maximum Gasteiger partial charge on any atom is 0.411 e. The molecule has 1 atom stereocenters. The van der Waals surface area contributed by atoms with Crippen LogP contribution in [0.15, 0.2) is 54.6 Å². The zero-order chi connectivity index (χ0) is 26.9. The van der Waals surface area contributed by atoms with Gasteiger partial charge in [0.1, 0.15) is 11.6 Å². The Morgan fingerprint density at radius 2 is 1.35 bits per heavy atom. The lowest BCUT2D eigenvalue weighted by Crippen LogP contribution is -2.45. The van der Waals surface area contributed by atoms with Crippen molar-refractivity contribution in [2.24, 2.45) is 0 Å². The minimum absolute atomic E-state index is 0.0511. The molecule has 5 nitrogen and oxygen atoms in total. The van der Waals surface area contributed by atoms with Crippen LogP contribution >= 0.6 is 0 Å². The van der Waals surface area contributed by atoms with E-state index in [0.29, 0.717) is 12.0 Å². The molecular formula is C27H22F5NO4. The first-order valence-electron chi connectivity index (χ1n) is 11.4. The summed E-state index contributed by atoms with van der Waals surface area (Å²) in [6, 6.07) is 15.7. The van der Waals surface area contributed by atoms with E-state index in [-0.39, 0.29) is 13.0 Å². The van der Waals surface area contributed by atoms with Crippen molar-refractivity contribution in [2.45, 2.75) is 38.3 Å². The lowest BCUT2D eigenvalue weighted by atomic mass is 9.95. The first-order valence-corrected chi connectivity index (χ1v) is 11.4. The second-order valence-corrected chi connectivity index (χ2v) is 8.99. The molecule has 3 aromatic rings. The van der Waals surface area contributed by atoms with Gasteiger partial charge in [0.15, 0.2) is 0 Å². The van der Waals surface area contributed by atoms with Crippen molar-refractivity contribution in [2.75, 3.05) is 6.54 Å². The molecule has 1 saturated heterocycles. The van der Waals surface area contributed by atoms with Crippen molar-refractivity contribution in [1.82, 2.24) is 4.90 Å². The highest BCUT2D eigenvalue weighted by Crippen LogP contribution is 2.32. The van der Waals surface area contributed by atoms with Gasteiger partial charge in [-0.1, -0.05) is 54.6 Å². The lowest BCUT2D eigenvalue weighted by molar-refractivity contribution is -0.139. The predicted octanol–water partition coefficient (Wildman–Crippen LogP) is 6.49. The van der Waals surface area contributed by atoms with Crippen LogP contribution in [-0.4, -0.2) is 29.5 Å². The summed E-state index contributed by atoms with van der Waals surface area (Å²) in [5.41, 5.74) is 1.52. The Labute approximate surface area is 209 Å². The largest absolute Gasteiger partial charge is 0.438 e. The van der Waals surface area contributed by atoms with E-state index in [0.717, 1.165) is 16.0 Å². The summed E-state index contributed by atoms with van der Waals surface area (Å²) in [4.78, 5) is 26.6. The number of hydrogen-bond acceptors (Lipinski definition) is 4. The van der Waals surface area contributed by atoms with Crippen LogP contribution in [0.3, 0.4) is 0 Å². The third kappa shape index (κ3) is 5.14. The zero-order valence-corrected chi connectivity index (χ0v) is 19.9. The van der Waals surface area contributed by atoms with Crippen molar-refractivity contribution in [3.05, 3.63) is 89.2 Å². The van der Waals surface area contributed by atoms with Gasteiger partial charge in [-0.2, -0.15) is 8.78 Å². The van der Waals surface area contributed by atoms with Crippen LogP contribution in [0.2, 0.25) is 0 Å². The number of carbonyl (C=O) groups excluding carboxylic acids is 2. The Kier molecular flexibility index (Phi) is 7.20. The summed E-state index contributed by atoms with van der Waals surface area (Å²) in [5.74, 6) is -14.5. The van der Waals surface area contributed by atoms with Gasteiger partial charge >= 0.3 is 12.1 Å². The van der Waals surface area contributed by atoms with E-state index in [4.69, 9.17) is 4.74 Å². The molecule has 1 aliphatic rings. The van der Waals surface area contributed by atoms with Crippen molar-refractivity contribution in [3.8, 4) is 16.9 Å². The molecular weight excluding hydrogens is 497 g/mol. The normalized spacial score (nSPS) is 15.5. The van der Waals surface area contributed by atoms with Gasteiger partial charge in [-0.05, 0) is 43.4 Å². The molecule has 0 N–H and O–H groups in total. The van der Waals surface area contributed by atoms with E-state index >= 15 is 0 Å². The number of esters is 1. The van der Waals surface area contributed by atoms with Gasteiger partial charge < -0.3 is 9.47 Å². The first-order chi connectivity index (χ1) is 17.5. The fourth-order valence-corrected chi connectivity index (χ4v) is 4.10. The fourth-order valence-electron chi connectivity index (χ4n) is 4.10. The number of likely N-dealkylation sites (tertiary alicyclic amines) is 1. The monoisotopic (exact) mass is 519 g/mol. The van der Waals surface area contributed by atoms with Gasteiger partial charge in [-0.3, -0.25) is 4.90 Å². The molecule has 0 spiro atoms. The number of hydrogen-bond donors (Lipinski definition) is 0. The van der Waals surface area contributed by atoms with Gasteiger partial charge in [0.25, 0.3) is 0 Å². The number of halogens is 5. The topological polar surface area (TPSA) is 55.8 Å². The molecule has 1 fully saturated rings. The average molecular weight is 519 g/mol. The Morgan fingerprint density at radius 3 is 1.95 bits per heavy atom. The zero-order valence-electron chi connectivity index (χ0n) is 19.9. The number of carbonyl (C=O) groups is 2. The van der Waals surface area contributed by atoms with Crippen molar-refractivity contribution < 1.29 is 41.0 Å². The molecule has 0 bridgehead atoms. The molecule has 194 valence electrons. The van der Waals surface area contributed by atoms with Crippen LogP contribution in [0.5, 0.6) is 5.75 Å². The standard InChI is InChI=1S/C27H22F5NO4/c1-27(2,17-12-10-16(11-13-17)15-7-4-3-5-8-15)37-26(35)33-14-6-9-18(33)25(34)36-24-22(31)20(29)19(28)21(30)23(24)32/h3-5,7-8,10-13,18H,6,9,14H2,1-2H3. The minimum Gasteiger partial charge on any atom is -0.438 e. The van der Waals surface area contributed by atoms with E-state index in [2.05, 4.69) is 4.74 Å². The number of benzene rings is 3. The summed E-state index contributed by atoms with van der Waals surface area (Å²) in [5, 5.41) is 0. The number of ether oxygens (including phenoxy) is 2. The molecule has 10 heteroatoms. The summed E-state index contributed by atoms with van der Waals surface area (Å²) >= 11 is 0. The van der Waals surface area contributed by atoms with Crippen LogP contribution in [0, 0.1) is 29.1 Å². The number of nitrogens with zero attached hydrogens (tertiary/aromatic N) is 1. The van der Waals surface area contributed by atoms with E-state index in [1.165, 1.54) is 0 Å². The minimum atomic E-state index is -2.38. The van der Waals surface area contributed by atoms with Crippen molar-refractivity contribution >= 4 is 12.1 Å². The molecule has 0 radical (unpaired) electrons. The number of rotatable bonds is 5. The van der Waals surface area contributed by atoms with Crippen LogP contribution < -0.4 is 4.74 Å². The second-order valence-electron chi connectivity index (χ2n) is 8.99. The van der Waals surface area contributed by atoms with Crippen LogP contribution in [-0.2, 0) is 15.1 Å². The smallest absolute Gasteiger partial charge is 0.411 e. The van der Waals surface area contributed by atoms with Gasteiger partial charge in [-0.15, -0.1) is 0 Å². The van der Waals surface area contributed by atoms with E-state index in [1.807, 2.05) is 42.5 Å². The third-order valence-electron chi connectivity index (χ3n) is 6.16. The van der Waals surface area contributed by atoms with Crippen LogP contribution in [0.25, 0.3) is 11.1 Å². The Hall–Kier alpha value is -3.95. The highest BCUT2D eigenvalue weighted by Gasteiger charge is 2.40.